The van der Waals surface area contributed by atoms with E-state index in [9.17, 15) is 9.59 Å². The minimum atomic E-state index is -0.114. The van der Waals surface area contributed by atoms with E-state index < -0.39 is 0 Å². The normalized spacial score (nSPS) is 10.5. The van der Waals surface area contributed by atoms with Crippen LogP contribution in [0.2, 0.25) is 0 Å². The van der Waals surface area contributed by atoms with Crippen LogP contribution in [0.4, 0.5) is 5.69 Å². The van der Waals surface area contributed by atoms with Crippen molar-refractivity contribution in [1.82, 2.24) is 20.1 Å². The largest absolute Gasteiger partial charge is 0.497 e. The molecule has 0 unspecified atom stereocenters. The second-order valence-electron chi connectivity index (χ2n) is 6.91. The maximum atomic E-state index is 12.2. The zero-order valence-corrected chi connectivity index (χ0v) is 18.5. The number of carbonyl (C=O) groups is 2. The Morgan fingerprint density at radius 3 is 2.52 bits per heavy atom. The summed E-state index contributed by atoms with van der Waals surface area (Å²) in [5.41, 5.74) is 2.70. The van der Waals surface area contributed by atoms with Gasteiger partial charge in [0.25, 0.3) is 0 Å². The molecule has 0 atom stereocenters. The first kappa shape index (κ1) is 22.4. The SMILES string of the molecule is COc1ccc(CC(=O)NCc2nnc(SCC(=O)Nc3ccccc3C)n2C)cc1. The van der Waals surface area contributed by atoms with Crippen LogP contribution >= 0.6 is 11.8 Å². The quantitative estimate of drug-likeness (QED) is 0.498. The first-order valence-corrected chi connectivity index (χ1v) is 10.7. The molecule has 0 bridgehead atoms. The van der Waals surface area contributed by atoms with Crippen molar-refractivity contribution in [3.8, 4) is 5.75 Å². The molecule has 0 radical (unpaired) electrons. The number of ether oxygens (including phenoxy) is 1. The molecule has 0 aliphatic heterocycles. The summed E-state index contributed by atoms with van der Waals surface area (Å²) in [6, 6.07) is 15.0. The van der Waals surface area contributed by atoms with Gasteiger partial charge in [-0.2, -0.15) is 0 Å². The van der Waals surface area contributed by atoms with E-state index in [4.69, 9.17) is 4.74 Å². The Labute approximate surface area is 185 Å². The lowest BCUT2D eigenvalue weighted by atomic mass is 10.1. The molecular formula is C22H25N5O3S. The summed E-state index contributed by atoms with van der Waals surface area (Å²) < 4.78 is 6.90. The molecule has 1 aromatic heterocycles. The molecular weight excluding hydrogens is 414 g/mol. The maximum absolute atomic E-state index is 12.2. The van der Waals surface area contributed by atoms with Gasteiger partial charge >= 0.3 is 0 Å². The van der Waals surface area contributed by atoms with Gasteiger partial charge in [0, 0.05) is 12.7 Å². The van der Waals surface area contributed by atoms with Crippen molar-refractivity contribution >= 4 is 29.3 Å². The zero-order valence-electron chi connectivity index (χ0n) is 17.7. The number of nitrogens with zero attached hydrogens (tertiary/aromatic N) is 3. The van der Waals surface area contributed by atoms with Crippen LogP contribution in [0.25, 0.3) is 0 Å². The van der Waals surface area contributed by atoms with E-state index in [-0.39, 0.29) is 30.5 Å². The lowest BCUT2D eigenvalue weighted by molar-refractivity contribution is -0.120. The van der Waals surface area contributed by atoms with Crippen LogP contribution in [0.15, 0.2) is 53.7 Å². The average Bonchev–Trinajstić information content (AvgIpc) is 3.12. The van der Waals surface area contributed by atoms with Crippen molar-refractivity contribution in [2.24, 2.45) is 7.05 Å². The van der Waals surface area contributed by atoms with Crippen LogP contribution in [0, 0.1) is 6.92 Å². The Morgan fingerprint density at radius 2 is 1.81 bits per heavy atom. The molecule has 2 amide bonds. The van der Waals surface area contributed by atoms with Gasteiger partial charge < -0.3 is 19.9 Å². The minimum Gasteiger partial charge on any atom is -0.497 e. The van der Waals surface area contributed by atoms with E-state index in [1.165, 1.54) is 11.8 Å². The van der Waals surface area contributed by atoms with Gasteiger partial charge in [0.2, 0.25) is 11.8 Å². The van der Waals surface area contributed by atoms with E-state index in [2.05, 4.69) is 20.8 Å². The molecule has 162 valence electrons. The summed E-state index contributed by atoms with van der Waals surface area (Å²) in [7, 11) is 3.42. The van der Waals surface area contributed by atoms with E-state index in [1.54, 1.807) is 11.7 Å². The Hall–Kier alpha value is -3.33. The smallest absolute Gasteiger partial charge is 0.234 e. The van der Waals surface area contributed by atoms with Gasteiger partial charge in [0.15, 0.2) is 11.0 Å². The van der Waals surface area contributed by atoms with Crippen molar-refractivity contribution in [1.29, 1.82) is 0 Å². The second-order valence-corrected chi connectivity index (χ2v) is 7.85. The number of aryl methyl sites for hydroxylation is 1. The number of hydrogen-bond donors (Lipinski definition) is 2. The molecule has 31 heavy (non-hydrogen) atoms. The third-order valence-electron chi connectivity index (χ3n) is 4.64. The summed E-state index contributed by atoms with van der Waals surface area (Å²) in [6.07, 6.45) is 0.266. The molecule has 3 rings (SSSR count). The molecule has 2 aromatic carbocycles. The van der Waals surface area contributed by atoms with Crippen molar-refractivity contribution in [3.63, 3.8) is 0 Å². The third kappa shape index (κ3) is 6.32. The fourth-order valence-corrected chi connectivity index (χ4v) is 3.55. The molecule has 8 nitrogen and oxygen atoms in total. The number of para-hydroxylation sites is 1. The lowest BCUT2D eigenvalue weighted by Gasteiger charge is -2.08. The monoisotopic (exact) mass is 439 g/mol. The molecule has 2 N–H and O–H groups in total. The van der Waals surface area contributed by atoms with Gasteiger partial charge in [-0.3, -0.25) is 9.59 Å². The molecule has 0 aliphatic rings. The van der Waals surface area contributed by atoms with E-state index >= 15 is 0 Å². The first-order valence-electron chi connectivity index (χ1n) is 9.72. The van der Waals surface area contributed by atoms with Crippen LogP contribution in [-0.4, -0.2) is 39.4 Å². The molecule has 3 aromatic rings. The molecule has 0 fully saturated rings. The number of benzene rings is 2. The Kier molecular flexibility index (Phi) is 7.66. The fourth-order valence-electron chi connectivity index (χ4n) is 2.82. The van der Waals surface area contributed by atoms with Crippen LogP contribution < -0.4 is 15.4 Å². The molecule has 0 saturated heterocycles. The van der Waals surface area contributed by atoms with Gasteiger partial charge in [0.1, 0.15) is 5.75 Å². The number of methoxy groups -OCH3 is 1. The fraction of sp³-hybridized carbons (Fsp3) is 0.273. The number of aromatic nitrogens is 3. The maximum Gasteiger partial charge on any atom is 0.234 e. The van der Waals surface area contributed by atoms with E-state index in [0.29, 0.717) is 11.0 Å². The van der Waals surface area contributed by atoms with Crippen LogP contribution in [0.3, 0.4) is 0 Å². The highest BCUT2D eigenvalue weighted by Gasteiger charge is 2.13. The van der Waals surface area contributed by atoms with Gasteiger partial charge in [-0.25, -0.2) is 0 Å². The van der Waals surface area contributed by atoms with Crippen LogP contribution in [0.5, 0.6) is 5.75 Å². The van der Waals surface area contributed by atoms with Crippen molar-refractivity contribution in [2.45, 2.75) is 25.0 Å². The minimum absolute atomic E-state index is 0.111. The lowest BCUT2D eigenvalue weighted by Crippen LogP contribution is -2.26. The Morgan fingerprint density at radius 1 is 1.06 bits per heavy atom. The summed E-state index contributed by atoms with van der Waals surface area (Å²) in [5.74, 6) is 1.35. The zero-order chi connectivity index (χ0) is 22.2. The number of anilines is 1. The Bertz CT molecular complexity index is 1050. The molecule has 0 spiro atoms. The van der Waals surface area contributed by atoms with Crippen molar-refractivity contribution in [2.75, 3.05) is 18.2 Å². The number of nitrogens with one attached hydrogen (secondary N) is 2. The van der Waals surface area contributed by atoms with E-state index in [0.717, 1.165) is 22.6 Å². The summed E-state index contributed by atoms with van der Waals surface area (Å²) in [4.78, 5) is 24.4. The van der Waals surface area contributed by atoms with Gasteiger partial charge in [-0.1, -0.05) is 42.1 Å². The summed E-state index contributed by atoms with van der Waals surface area (Å²) >= 11 is 1.29. The van der Waals surface area contributed by atoms with Gasteiger partial charge in [-0.05, 0) is 36.2 Å². The first-order chi connectivity index (χ1) is 15.0. The van der Waals surface area contributed by atoms with Crippen LogP contribution in [0.1, 0.15) is 17.0 Å². The number of hydrogen-bond acceptors (Lipinski definition) is 6. The summed E-state index contributed by atoms with van der Waals surface area (Å²) in [6.45, 7) is 2.20. The Balaban J connectivity index is 1.47. The average molecular weight is 440 g/mol. The number of thioether (sulfide) groups is 1. The van der Waals surface area contributed by atoms with Crippen molar-refractivity contribution in [3.05, 3.63) is 65.5 Å². The van der Waals surface area contributed by atoms with Gasteiger partial charge in [-0.15, -0.1) is 10.2 Å². The standard InChI is InChI=1S/C22H25N5O3S/c1-15-6-4-5-7-18(15)24-21(29)14-31-22-26-25-19(27(22)2)13-23-20(28)12-16-8-10-17(30-3)11-9-16/h4-11H,12-14H2,1-3H3,(H,23,28)(H,24,29). The molecule has 0 saturated carbocycles. The number of rotatable bonds is 9. The predicted octanol–water partition coefficient (Wildman–Crippen LogP) is 2.72. The highest BCUT2D eigenvalue weighted by Crippen LogP contribution is 2.18. The predicted molar refractivity (Wildman–Crippen MR) is 120 cm³/mol. The highest BCUT2D eigenvalue weighted by molar-refractivity contribution is 7.99. The summed E-state index contributed by atoms with van der Waals surface area (Å²) in [5, 5.41) is 14.6. The van der Waals surface area contributed by atoms with E-state index in [1.807, 2.05) is 62.5 Å². The van der Waals surface area contributed by atoms with Crippen LogP contribution in [-0.2, 0) is 29.6 Å². The highest BCUT2D eigenvalue weighted by atomic mass is 32.2. The van der Waals surface area contributed by atoms with Crippen molar-refractivity contribution < 1.29 is 14.3 Å². The molecule has 9 heteroatoms. The molecule has 1 heterocycles. The van der Waals surface area contributed by atoms with Gasteiger partial charge in [0.05, 0.1) is 25.8 Å². The number of amides is 2. The number of carbonyl (C=O) groups excluding carboxylic acids is 2. The second kappa shape index (κ2) is 10.6. The third-order valence-corrected chi connectivity index (χ3v) is 5.66. The topological polar surface area (TPSA) is 98.1 Å². The molecule has 0 aliphatic carbocycles.